The number of likely N-dealkylation sites (tertiary alicyclic amines) is 1. The van der Waals surface area contributed by atoms with Gasteiger partial charge in [-0.2, -0.15) is 0 Å². The summed E-state index contributed by atoms with van der Waals surface area (Å²) in [5, 5.41) is 10.0. The minimum absolute atomic E-state index is 0.134. The molecule has 208 valence electrons. The fraction of sp³-hybridized carbons (Fsp3) is 0.387. The molecule has 1 spiro atoms. The highest BCUT2D eigenvalue weighted by Crippen LogP contribution is 2.54. The highest BCUT2D eigenvalue weighted by molar-refractivity contribution is 6.34. The Morgan fingerprint density at radius 3 is 2.55 bits per heavy atom. The smallest absolute Gasteiger partial charge is 0.253 e. The number of carbonyl (C=O) groups excluding carboxylic acids is 3. The molecule has 40 heavy (non-hydrogen) atoms. The van der Waals surface area contributed by atoms with Crippen molar-refractivity contribution >= 4 is 35.0 Å². The first-order valence-electron chi connectivity index (χ1n) is 13.7. The Kier molecular flexibility index (Phi) is 7.02. The first kappa shape index (κ1) is 26.7. The van der Waals surface area contributed by atoms with Gasteiger partial charge >= 0.3 is 0 Å². The van der Waals surface area contributed by atoms with Crippen LogP contribution in [0.5, 0.6) is 0 Å². The molecule has 2 aromatic rings. The van der Waals surface area contributed by atoms with Crippen LogP contribution in [0.2, 0.25) is 5.02 Å². The molecule has 1 N–H and O–H groups in total. The summed E-state index contributed by atoms with van der Waals surface area (Å²) in [6.07, 6.45) is 7.10. The number of hydrogen-bond donors (Lipinski definition) is 1. The zero-order chi connectivity index (χ0) is 28.0. The summed E-state index contributed by atoms with van der Waals surface area (Å²) in [6, 6.07) is 14.2. The maximum absolute atomic E-state index is 14.4. The lowest BCUT2D eigenvalue weighted by atomic mass is 9.77. The number of aliphatic hydroxyl groups is 1. The van der Waals surface area contributed by atoms with Crippen molar-refractivity contribution < 1.29 is 24.2 Å². The monoisotopic (exact) mass is 561 g/mol. The Hall–Kier alpha value is -3.46. The van der Waals surface area contributed by atoms with Crippen molar-refractivity contribution in [2.24, 2.45) is 11.8 Å². The van der Waals surface area contributed by atoms with E-state index in [4.69, 9.17) is 16.3 Å². The number of ether oxygens (including phenoxy) is 1. The summed E-state index contributed by atoms with van der Waals surface area (Å²) < 4.78 is 6.68. The third kappa shape index (κ3) is 4.17. The van der Waals surface area contributed by atoms with Crippen molar-refractivity contribution in [3.05, 3.63) is 89.0 Å². The van der Waals surface area contributed by atoms with E-state index in [-0.39, 0.29) is 37.4 Å². The van der Waals surface area contributed by atoms with Crippen molar-refractivity contribution in [1.82, 2.24) is 9.80 Å². The summed E-state index contributed by atoms with van der Waals surface area (Å²) in [7, 11) is 0. The molecule has 0 radical (unpaired) electrons. The third-order valence-corrected chi connectivity index (χ3v) is 8.78. The average Bonchev–Trinajstić information content (AvgIpc) is 3.26. The number of hydrogen-bond acceptors (Lipinski definition) is 5. The molecule has 4 aliphatic rings. The molecule has 2 saturated heterocycles. The molecule has 9 heteroatoms. The van der Waals surface area contributed by atoms with Gasteiger partial charge in [0, 0.05) is 32.8 Å². The van der Waals surface area contributed by atoms with Gasteiger partial charge in [-0.25, -0.2) is 0 Å². The van der Waals surface area contributed by atoms with Crippen LogP contribution in [0.3, 0.4) is 0 Å². The zero-order valence-corrected chi connectivity index (χ0v) is 23.0. The summed E-state index contributed by atoms with van der Waals surface area (Å²) in [4.78, 5) is 47.6. The molecule has 4 heterocycles. The van der Waals surface area contributed by atoms with Crippen molar-refractivity contribution in [3.63, 3.8) is 0 Å². The molecule has 6 rings (SSSR count). The van der Waals surface area contributed by atoms with Crippen molar-refractivity contribution in [1.29, 1.82) is 0 Å². The van der Waals surface area contributed by atoms with E-state index in [0.717, 1.165) is 11.1 Å². The lowest BCUT2D eigenvalue weighted by Crippen LogP contribution is -2.55. The van der Waals surface area contributed by atoms with E-state index in [9.17, 15) is 19.5 Å². The zero-order valence-electron chi connectivity index (χ0n) is 22.3. The number of aliphatic hydroxyl groups excluding tert-OH is 1. The topological polar surface area (TPSA) is 90.4 Å². The molecule has 0 aromatic heterocycles. The molecule has 2 fully saturated rings. The van der Waals surface area contributed by atoms with Gasteiger partial charge in [-0.15, -0.1) is 0 Å². The number of aryl methyl sites for hydroxylation is 1. The Morgan fingerprint density at radius 2 is 1.80 bits per heavy atom. The Morgan fingerprint density at radius 1 is 1.00 bits per heavy atom. The van der Waals surface area contributed by atoms with Gasteiger partial charge in [-0.3, -0.25) is 14.4 Å². The normalized spacial score (nSPS) is 29.4. The Labute approximate surface area is 238 Å². The molecule has 3 amide bonds. The number of rotatable bonds is 6. The van der Waals surface area contributed by atoms with Crippen LogP contribution in [0.4, 0.5) is 5.69 Å². The Bertz CT molecular complexity index is 1370. The van der Waals surface area contributed by atoms with Crippen molar-refractivity contribution in [3.8, 4) is 0 Å². The predicted octanol–water partition coefficient (Wildman–Crippen LogP) is 3.11. The lowest BCUT2D eigenvalue weighted by molar-refractivity contribution is -0.144. The first-order chi connectivity index (χ1) is 19.4. The second kappa shape index (κ2) is 10.5. The maximum atomic E-state index is 14.4. The number of benzene rings is 2. The van der Waals surface area contributed by atoms with Crippen LogP contribution < -0.4 is 4.90 Å². The van der Waals surface area contributed by atoms with E-state index in [0.29, 0.717) is 30.2 Å². The van der Waals surface area contributed by atoms with Crippen molar-refractivity contribution in [2.75, 3.05) is 31.1 Å². The van der Waals surface area contributed by atoms with Crippen LogP contribution in [0.1, 0.15) is 17.5 Å². The van der Waals surface area contributed by atoms with Gasteiger partial charge in [0.05, 0.1) is 28.6 Å². The number of nitrogens with zero attached hydrogens (tertiary/aromatic N) is 3. The van der Waals surface area contributed by atoms with E-state index < -0.39 is 29.6 Å². The van der Waals surface area contributed by atoms with Gasteiger partial charge in [0.1, 0.15) is 11.6 Å². The molecular weight excluding hydrogens is 530 g/mol. The predicted molar refractivity (Wildman–Crippen MR) is 150 cm³/mol. The van der Waals surface area contributed by atoms with E-state index in [1.165, 1.54) is 4.90 Å². The molecule has 0 bridgehead atoms. The maximum Gasteiger partial charge on any atom is 0.253 e. The van der Waals surface area contributed by atoms with Gasteiger partial charge in [-0.05, 0) is 30.5 Å². The number of amides is 3. The summed E-state index contributed by atoms with van der Waals surface area (Å²) >= 11 is 6.58. The number of anilines is 1. The quantitative estimate of drug-likeness (QED) is 0.547. The lowest BCUT2D eigenvalue weighted by Gasteiger charge is -2.35. The highest BCUT2D eigenvalue weighted by atomic mass is 35.5. The summed E-state index contributed by atoms with van der Waals surface area (Å²) in [5.41, 5.74) is 1.09. The van der Waals surface area contributed by atoms with E-state index >= 15 is 0 Å². The number of fused-ring (bicyclic) bond motifs is 2. The van der Waals surface area contributed by atoms with Crippen molar-refractivity contribution in [2.45, 2.75) is 37.6 Å². The SMILES string of the molecule is Cc1cccc(Cl)c1N1CC=C[C@]23O[C@@H]4C=CCN(Cc5ccccc5)C(=O)[C@@H]4[C@H]2C(=O)N(CCCO)C3C1=O. The molecule has 5 atom stereocenters. The summed E-state index contributed by atoms with van der Waals surface area (Å²) in [6.45, 7) is 2.99. The number of carbonyl (C=O) groups is 3. The van der Waals surface area contributed by atoms with Crippen LogP contribution in [0.25, 0.3) is 0 Å². The Balaban J connectivity index is 1.41. The van der Waals surface area contributed by atoms with Crippen LogP contribution in [-0.4, -0.2) is 76.6 Å². The third-order valence-electron chi connectivity index (χ3n) is 8.47. The minimum atomic E-state index is -1.32. The molecule has 2 aromatic carbocycles. The van der Waals surface area contributed by atoms with E-state index in [2.05, 4.69) is 0 Å². The van der Waals surface area contributed by atoms with E-state index in [1.807, 2.05) is 73.7 Å². The first-order valence-corrected chi connectivity index (χ1v) is 14.1. The summed E-state index contributed by atoms with van der Waals surface area (Å²) in [5.74, 6) is -2.43. The molecule has 4 aliphatic heterocycles. The molecule has 0 aliphatic carbocycles. The molecule has 1 unspecified atom stereocenters. The van der Waals surface area contributed by atoms with Gasteiger partial charge < -0.3 is 24.5 Å². The number of halogens is 1. The van der Waals surface area contributed by atoms with Gasteiger partial charge in [-0.1, -0.05) is 78.4 Å². The van der Waals surface area contributed by atoms with Gasteiger partial charge in [0.25, 0.3) is 5.91 Å². The molecule has 0 saturated carbocycles. The van der Waals surface area contributed by atoms with Crippen LogP contribution in [0.15, 0.2) is 72.8 Å². The standard InChI is InChI=1S/C31H32ClN3O5/c1-20-9-5-12-22(32)26(20)34-16-7-14-31-25(29(38)35(17-8-18-36)27(31)30(34)39)24-23(40-31)13-6-15-33(28(24)37)19-21-10-3-2-4-11-21/h2-7,9-14,23-25,27,36H,8,15-19H2,1H3/t23-,24+,25+,27?,31+/m1/s1. The molecule has 8 nitrogen and oxygen atoms in total. The van der Waals surface area contributed by atoms with Gasteiger partial charge in [0.2, 0.25) is 11.8 Å². The largest absolute Gasteiger partial charge is 0.396 e. The second-order valence-electron chi connectivity index (χ2n) is 10.8. The minimum Gasteiger partial charge on any atom is -0.396 e. The molecular formula is C31H32ClN3O5. The van der Waals surface area contributed by atoms with E-state index in [1.54, 1.807) is 15.9 Å². The fourth-order valence-electron chi connectivity index (χ4n) is 6.78. The second-order valence-corrected chi connectivity index (χ2v) is 11.2. The average molecular weight is 562 g/mol. The number of para-hydroxylation sites is 1. The van der Waals surface area contributed by atoms with Crippen LogP contribution in [0, 0.1) is 18.8 Å². The fourth-order valence-corrected chi connectivity index (χ4v) is 7.11. The van der Waals surface area contributed by atoms with Crippen LogP contribution >= 0.6 is 11.6 Å². The highest BCUT2D eigenvalue weighted by Gasteiger charge is 2.71. The van der Waals surface area contributed by atoms with Gasteiger partial charge in [0.15, 0.2) is 0 Å². The van der Waals surface area contributed by atoms with Crippen LogP contribution in [-0.2, 0) is 25.7 Å².